The summed E-state index contributed by atoms with van der Waals surface area (Å²) in [4.78, 5) is 21.7. The van der Waals surface area contributed by atoms with E-state index < -0.39 is 0 Å². The number of carbonyl (C=O) groups excluding carboxylic acids is 1. The number of nitrogens with one attached hydrogen (secondary N) is 1. The van der Waals surface area contributed by atoms with Gasteiger partial charge in [0.15, 0.2) is 5.82 Å². The van der Waals surface area contributed by atoms with Gasteiger partial charge in [0.2, 0.25) is 10.9 Å². The first-order valence-corrected chi connectivity index (χ1v) is 10.2. The van der Waals surface area contributed by atoms with Crippen LogP contribution in [-0.4, -0.2) is 42.2 Å². The highest BCUT2D eigenvalue weighted by Crippen LogP contribution is 2.21. The van der Waals surface area contributed by atoms with Crippen molar-refractivity contribution in [3.63, 3.8) is 0 Å². The molecule has 8 nitrogen and oxygen atoms in total. The molecule has 0 fully saturated rings. The zero-order chi connectivity index (χ0) is 18.6. The summed E-state index contributed by atoms with van der Waals surface area (Å²) < 4.78 is 1.71. The molecule has 4 aromatic heterocycles. The number of amides is 1. The number of thiazole rings is 1. The number of carbonyl (C=O) groups is 1. The molecule has 0 atom stereocenters. The average molecular weight is 400 g/mol. The van der Waals surface area contributed by atoms with E-state index in [1.54, 1.807) is 22.0 Å². The number of hydrogen-bond acceptors (Lipinski definition) is 8. The van der Waals surface area contributed by atoms with Crippen LogP contribution in [0.5, 0.6) is 0 Å². The lowest BCUT2D eigenvalue weighted by Crippen LogP contribution is -2.25. The van der Waals surface area contributed by atoms with E-state index in [4.69, 9.17) is 0 Å². The Morgan fingerprint density at radius 1 is 1.26 bits per heavy atom. The Bertz CT molecular complexity index is 1050. The number of nitrogens with zero attached hydrogens (tertiary/aromatic N) is 6. The molecule has 0 aliphatic rings. The Morgan fingerprint density at radius 2 is 2.19 bits per heavy atom. The van der Waals surface area contributed by atoms with Crippen LogP contribution in [0, 0.1) is 6.92 Å². The number of rotatable bonds is 7. The second-order valence-electron chi connectivity index (χ2n) is 5.90. The molecule has 0 saturated carbocycles. The van der Waals surface area contributed by atoms with Gasteiger partial charge in [0.1, 0.15) is 10.0 Å². The van der Waals surface area contributed by atoms with Crippen LogP contribution in [0.3, 0.4) is 0 Å². The zero-order valence-electron chi connectivity index (χ0n) is 14.6. The van der Waals surface area contributed by atoms with Gasteiger partial charge >= 0.3 is 0 Å². The Morgan fingerprint density at radius 3 is 3.00 bits per heavy atom. The fourth-order valence-electron chi connectivity index (χ4n) is 2.52. The molecule has 0 aromatic carbocycles. The van der Waals surface area contributed by atoms with Gasteiger partial charge in [-0.15, -0.1) is 21.5 Å². The monoisotopic (exact) mass is 399 g/mol. The molecule has 138 valence electrons. The normalized spacial score (nSPS) is 11.1. The Labute approximate surface area is 163 Å². The van der Waals surface area contributed by atoms with Gasteiger partial charge in [-0.3, -0.25) is 9.78 Å². The molecule has 0 spiro atoms. The summed E-state index contributed by atoms with van der Waals surface area (Å²) in [5, 5.41) is 19.1. The van der Waals surface area contributed by atoms with Gasteiger partial charge in [-0.05, 0) is 19.1 Å². The molecule has 0 bridgehead atoms. The summed E-state index contributed by atoms with van der Waals surface area (Å²) in [6, 6.07) is 5.77. The number of pyridine rings is 1. The van der Waals surface area contributed by atoms with Crippen molar-refractivity contribution in [2.45, 2.75) is 26.2 Å². The van der Waals surface area contributed by atoms with Crippen LogP contribution in [0.25, 0.3) is 15.7 Å². The molecule has 4 heterocycles. The highest BCUT2D eigenvalue weighted by molar-refractivity contribution is 7.16. The van der Waals surface area contributed by atoms with E-state index in [2.05, 4.69) is 30.6 Å². The zero-order valence-corrected chi connectivity index (χ0v) is 16.3. The van der Waals surface area contributed by atoms with Crippen molar-refractivity contribution in [2.24, 2.45) is 0 Å². The number of fused-ring (bicyclic) bond motifs is 1. The van der Waals surface area contributed by atoms with Crippen LogP contribution in [0.2, 0.25) is 0 Å². The van der Waals surface area contributed by atoms with E-state index in [-0.39, 0.29) is 5.91 Å². The second kappa shape index (κ2) is 7.89. The quantitative estimate of drug-likeness (QED) is 0.512. The van der Waals surface area contributed by atoms with Crippen LogP contribution in [0.4, 0.5) is 0 Å². The van der Waals surface area contributed by atoms with Gasteiger partial charge < -0.3 is 5.32 Å². The molecule has 4 rings (SSSR count). The first kappa shape index (κ1) is 17.7. The molecule has 0 radical (unpaired) electrons. The van der Waals surface area contributed by atoms with E-state index in [0.29, 0.717) is 25.8 Å². The van der Waals surface area contributed by atoms with E-state index in [1.807, 2.05) is 30.5 Å². The summed E-state index contributed by atoms with van der Waals surface area (Å²) in [7, 11) is 0. The molecular weight excluding hydrogens is 382 g/mol. The van der Waals surface area contributed by atoms with Gasteiger partial charge in [-0.25, -0.2) is 4.98 Å². The lowest BCUT2D eigenvalue weighted by atomic mass is 10.3. The fraction of sp³-hybridized carbons (Fsp3) is 0.294. The minimum Gasteiger partial charge on any atom is -0.356 e. The van der Waals surface area contributed by atoms with Gasteiger partial charge in [0.05, 0.1) is 11.4 Å². The van der Waals surface area contributed by atoms with E-state index in [9.17, 15) is 4.79 Å². The minimum absolute atomic E-state index is 0.0119. The van der Waals surface area contributed by atoms with Crippen molar-refractivity contribution < 1.29 is 4.79 Å². The first-order chi connectivity index (χ1) is 13.2. The molecule has 0 unspecified atom stereocenters. The van der Waals surface area contributed by atoms with Crippen LogP contribution >= 0.6 is 22.7 Å². The Balaban J connectivity index is 1.23. The predicted octanol–water partition coefficient (Wildman–Crippen LogP) is 2.30. The van der Waals surface area contributed by atoms with Crippen molar-refractivity contribution in [3.8, 4) is 10.7 Å². The SMILES string of the molecule is Cc1nnc2sc(CCC(=O)NCCc3csc(-c4ccccn4)n3)nn12. The summed E-state index contributed by atoms with van der Waals surface area (Å²) in [5.74, 6) is 0.767. The van der Waals surface area contributed by atoms with Gasteiger partial charge in [0.25, 0.3) is 0 Å². The molecular formula is C17H17N7OS2. The second-order valence-corrected chi connectivity index (χ2v) is 7.79. The van der Waals surface area contributed by atoms with Gasteiger partial charge in [0, 0.05) is 37.4 Å². The van der Waals surface area contributed by atoms with Gasteiger partial charge in [-0.1, -0.05) is 17.4 Å². The summed E-state index contributed by atoms with van der Waals surface area (Å²) in [5.41, 5.74) is 1.84. The van der Waals surface area contributed by atoms with Gasteiger partial charge in [-0.2, -0.15) is 9.61 Å². The maximum absolute atomic E-state index is 12.1. The lowest BCUT2D eigenvalue weighted by Gasteiger charge is -2.02. The molecule has 10 heteroatoms. The molecule has 0 aliphatic carbocycles. The minimum atomic E-state index is 0.0119. The summed E-state index contributed by atoms with van der Waals surface area (Å²) >= 11 is 3.03. The van der Waals surface area contributed by atoms with Crippen molar-refractivity contribution in [1.29, 1.82) is 0 Å². The van der Waals surface area contributed by atoms with Crippen LogP contribution in [0.1, 0.15) is 22.9 Å². The largest absolute Gasteiger partial charge is 0.356 e. The van der Waals surface area contributed by atoms with Crippen LogP contribution in [0.15, 0.2) is 29.8 Å². The number of aromatic nitrogens is 6. The Kier molecular flexibility index (Phi) is 5.16. The number of aryl methyl sites for hydroxylation is 2. The molecule has 1 N–H and O–H groups in total. The maximum atomic E-state index is 12.1. The van der Waals surface area contributed by atoms with Crippen LogP contribution < -0.4 is 5.32 Å². The smallest absolute Gasteiger partial charge is 0.234 e. The maximum Gasteiger partial charge on any atom is 0.234 e. The Hall–Kier alpha value is -2.72. The third-order valence-electron chi connectivity index (χ3n) is 3.89. The van der Waals surface area contributed by atoms with E-state index in [0.717, 1.165) is 32.2 Å². The standard InChI is InChI=1S/C17H17N7OS2/c1-11-21-22-17-24(11)23-15(27-17)6-5-14(25)19-9-7-12-10-26-16(20-12)13-4-2-3-8-18-13/h2-4,8,10H,5-7,9H2,1H3,(H,19,25). The molecule has 0 saturated heterocycles. The highest BCUT2D eigenvalue weighted by atomic mass is 32.1. The van der Waals surface area contributed by atoms with Crippen molar-refractivity contribution in [2.75, 3.05) is 6.54 Å². The van der Waals surface area contributed by atoms with E-state index >= 15 is 0 Å². The van der Waals surface area contributed by atoms with E-state index in [1.165, 1.54) is 11.3 Å². The molecule has 4 aromatic rings. The summed E-state index contributed by atoms with van der Waals surface area (Å²) in [6.07, 6.45) is 3.46. The van der Waals surface area contributed by atoms with Crippen molar-refractivity contribution >= 4 is 33.5 Å². The molecule has 27 heavy (non-hydrogen) atoms. The molecule has 0 aliphatic heterocycles. The average Bonchev–Trinajstić information content (AvgIpc) is 3.39. The molecule has 1 amide bonds. The van der Waals surface area contributed by atoms with Crippen molar-refractivity contribution in [1.82, 2.24) is 35.1 Å². The topological polar surface area (TPSA) is 98.0 Å². The summed E-state index contributed by atoms with van der Waals surface area (Å²) in [6.45, 7) is 2.42. The number of hydrogen-bond donors (Lipinski definition) is 1. The third kappa shape index (κ3) is 4.17. The third-order valence-corrected chi connectivity index (χ3v) is 5.77. The lowest BCUT2D eigenvalue weighted by molar-refractivity contribution is -0.121. The van der Waals surface area contributed by atoms with Crippen LogP contribution in [-0.2, 0) is 17.6 Å². The first-order valence-electron chi connectivity index (χ1n) is 8.49. The fourth-order valence-corrected chi connectivity index (χ4v) is 4.23. The highest BCUT2D eigenvalue weighted by Gasteiger charge is 2.11. The van der Waals surface area contributed by atoms with Crippen molar-refractivity contribution in [3.05, 3.63) is 46.3 Å². The predicted molar refractivity (Wildman–Crippen MR) is 104 cm³/mol.